The highest BCUT2D eigenvalue weighted by Crippen LogP contribution is 2.25. The van der Waals surface area contributed by atoms with Crippen molar-refractivity contribution >= 4 is 29.9 Å². The molecule has 0 saturated carbocycles. The van der Waals surface area contributed by atoms with Crippen molar-refractivity contribution in [3.8, 4) is 5.75 Å². The number of piperidine rings is 1. The Morgan fingerprint density at radius 1 is 1.38 bits per heavy atom. The van der Waals surface area contributed by atoms with Crippen LogP contribution in [0.1, 0.15) is 26.2 Å². The number of amides is 1. The molecule has 136 valence electrons. The van der Waals surface area contributed by atoms with Gasteiger partial charge in [0.25, 0.3) is 5.91 Å². The highest BCUT2D eigenvalue weighted by atomic mass is 35.5. The summed E-state index contributed by atoms with van der Waals surface area (Å²) < 4.78 is 11.5. The predicted molar refractivity (Wildman–Crippen MR) is 98.0 cm³/mol. The first-order valence-electron chi connectivity index (χ1n) is 8.13. The summed E-state index contributed by atoms with van der Waals surface area (Å²) in [5, 5.41) is 0.513. The van der Waals surface area contributed by atoms with Crippen LogP contribution in [0.2, 0.25) is 5.02 Å². The molecule has 1 aromatic carbocycles. The summed E-state index contributed by atoms with van der Waals surface area (Å²) in [5.41, 5.74) is 5.46. The first-order chi connectivity index (χ1) is 11.1. The number of para-hydroxylation sites is 1. The molecule has 2 N–H and O–H groups in total. The first kappa shape index (κ1) is 21.0. The lowest BCUT2D eigenvalue weighted by molar-refractivity contribution is -0.140. The van der Waals surface area contributed by atoms with Crippen molar-refractivity contribution in [1.29, 1.82) is 0 Å². The van der Waals surface area contributed by atoms with Gasteiger partial charge in [-0.25, -0.2) is 0 Å². The van der Waals surface area contributed by atoms with Crippen LogP contribution in [0.15, 0.2) is 24.3 Å². The van der Waals surface area contributed by atoms with E-state index >= 15 is 0 Å². The molecule has 1 saturated heterocycles. The maximum Gasteiger partial charge on any atom is 0.263 e. The van der Waals surface area contributed by atoms with Gasteiger partial charge >= 0.3 is 0 Å². The maximum atomic E-state index is 12.5. The van der Waals surface area contributed by atoms with Crippen LogP contribution in [0, 0.1) is 0 Å². The number of nitrogens with two attached hydrogens (primary N) is 1. The van der Waals surface area contributed by atoms with Crippen LogP contribution in [-0.4, -0.2) is 49.3 Å². The van der Waals surface area contributed by atoms with Gasteiger partial charge < -0.3 is 20.1 Å². The van der Waals surface area contributed by atoms with E-state index in [0.29, 0.717) is 37.0 Å². The number of carbonyl (C=O) groups is 1. The van der Waals surface area contributed by atoms with Crippen LogP contribution in [-0.2, 0) is 9.53 Å². The van der Waals surface area contributed by atoms with Crippen molar-refractivity contribution in [2.24, 2.45) is 5.73 Å². The fraction of sp³-hybridized carbons (Fsp3) is 0.588. The highest BCUT2D eigenvalue weighted by molar-refractivity contribution is 6.32. The van der Waals surface area contributed by atoms with Crippen LogP contribution in [0.25, 0.3) is 0 Å². The fourth-order valence-electron chi connectivity index (χ4n) is 2.61. The number of halogens is 2. The molecular formula is C17H26Cl2N2O3. The molecule has 1 atom stereocenters. The third-order valence-corrected chi connectivity index (χ3v) is 4.26. The van der Waals surface area contributed by atoms with Gasteiger partial charge in [-0.05, 0) is 44.9 Å². The molecule has 24 heavy (non-hydrogen) atoms. The molecule has 1 fully saturated rings. The lowest BCUT2D eigenvalue weighted by Crippen LogP contribution is -2.46. The minimum absolute atomic E-state index is 0. The molecule has 2 rings (SSSR count). The van der Waals surface area contributed by atoms with E-state index in [1.165, 1.54) is 0 Å². The number of hydrogen-bond donors (Lipinski definition) is 1. The van der Waals surface area contributed by atoms with Gasteiger partial charge in [-0.2, -0.15) is 0 Å². The minimum atomic E-state index is -0.551. The lowest BCUT2D eigenvalue weighted by atomic mass is 10.1. The van der Waals surface area contributed by atoms with Crippen LogP contribution in [0.4, 0.5) is 0 Å². The molecule has 1 amide bonds. The minimum Gasteiger partial charge on any atom is -0.479 e. The molecule has 1 aliphatic rings. The Hall–Kier alpha value is -1.01. The molecule has 1 aliphatic heterocycles. The van der Waals surface area contributed by atoms with E-state index < -0.39 is 6.10 Å². The van der Waals surface area contributed by atoms with Crippen LogP contribution in [0.5, 0.6) is 5.75 Å². The molecule has 0 radical (unpaired) electrons. The quantitative estimate of drug-likeness (QED) is 0.743. The van der Waals surface area contributed by atoms with Crippen LogP contribution in [0.3, 0.4) is 0 Å². The molecule has 1 heterocycles. The van der Waals surface area contributed by atoms with E-state index in [2.05, 4.69) is 0 Å². The summed E-state index contributed by atoms with van der Waals surface area (Å²) in [6.45, 7) is 4.50. The average Bonchev–Trinajstić information content (AvgIpc) is 2.57. The van der Waals surface area contributed by atoms with Crippen LogP contribution >= 0.6 is 24.0 Å². The maximum absolute atomic E-state index is 12.5. The SMILES string of the molecule is CC(Oc1ccccc1Cl)C(=O)N1CCC(OCCCN)CC1.Cl. The van der Waals surface area contributed by atoms with Gasteiger partial charge in [0, 0.05) is 19.7 Å². The second kappa shape index (κ2) is 10.8. The summed E-state index contributed by atoms with van der Waals surface area (Å²) in [6, 6.07) is 7.18. The topological polar surface area (TPSA) is 64.8 Å². The van der Waals surface area contributed by atoms with E-state index in [-0.39, 0.29) is 24.4 Å². The summed E-state index contributed by atoms with van der Waals surface area (Å²) in [4.78, 5) is 14.3. The Morgan fingerprint density at radius 3 is 2.67 bits per heavy atom. The van der Waals surface area contributed by atoms with Gasteiger partial charge in [0.05, 0.1) is 11.1 Å². The molecular weight excluding hydrogens is 351 g/mol. The number of likely N-dealkylation sites (tertiary alicyclic amines) is 1. The van der Waals surface area contributed by atoms with Crippen molar-refractivity contribution < 1.29 is 14.3 Å². The van der Waals surface area contributed by atoms with E-state index in [0.717, 1.165) is 19.3 Å². The zero-order chi connectivity index (χ0) is 16.7. The highest BCUT2D eigenvalue weighted by Gasteiger charge is 2.27. The first-order valence-corrected chi connectivity index (χ1v) is 8.51. The normalized spacial score (nSPS) is 16.4. The summed E-state index contributed by atoms with van der Waals surface area (Å²) in [6.07, 6.45) is 2.27. The summed E-state index contributed by atoms with van der Waals surface area (Å²) >= 11 is 6.06. The predicted octanol–water partition coefficient (Wildman–Crippen LogP) is 2.89. The Labute approximate surface area is 154 Å². The van der Waals surface area contributed by atoms with Gasteiger partial charge in [-0.15, -0.1) is 12.4 Å². The second-order valence-corrected chi connectivity index (χ2v) is 6.14. The second-order valence-electron chi connectivity index (χ2n) is 5.73. The van der Waals surface area contributed by atoms with Gasteiger partial charge in [-0.1, -0.05) is 23.7 Å². The van der Waals surface area contributed by atoms with E-state index in [1.54, 1.807) is 19.1 Å². The third kappa shape index (κ3) is 6.13. The number of nitrogens with zero attached hydrogens (tertiary/aromatic N) is 1. The molecule has 0 aliphatic carbocycles. The molecule has 0 aromatic heterocycles. The van der Waals surface area contributed by atoms with E-state index in [4.69, 9.17) is 26.8 Å². The van der Waals surface area contributed by atoms with Crippen molar-refractivity contribution in [1.82, 2.24) is 4.90 Å². The van der Waals surface area contributed by atoms with Crippen LogP contribution < -0.4 is 10.5 Å². The van der Waals surface area contributed by atoms with Crippen molar-refractivity contribution in [3.05, 3.63) is 29.3 Å². The largest absolute Gasteiger partial charge is 0.479 e. The van der Waals surface area contributed by atoms with Gasteiger partial charge in [0.1, 0.15) is 5.75 Å². The third-order valence-electron chi connectivity index (χ3n) is 3.94. The zero-order valence-electron chi connectivity index (χ0n) is 13.9. The molecule has 7 heteroatoms. The van der Waals surface area contributed by atoms with Gasteiger partial charge in [0.15, 0.2) is 6.10 Å². The standard InChI is InChI=1S/C17H25ClN2O3.ClH/c1-13(23-16-6-3-2-5-15(16)18)17(21)20-10-7-14(8-11-20)22-12-4-9-19;/h2-3,5-6,13-14H,4,7-12,19H2,1H3;1H. The van der Waals surface area contributed by atoms with Gasteiger partial charge in [0.2, 0.25) is 0 Å². The van der Waals surface area contributed by atoms with Crippen molar-refractivity contribution in [2.45, 2.75) is 38.4 Å². The van der Waals surface area contributed by atoms with E-state index in [9.17, 15) is 4.79 Å². The number of rotatable bonds is 7. The molecule has 0 spiro atoms. The Balaban J connectivity index is 0.00000288. The molecule has 1 aromatic rings. The molecule has 0 bridgehead atoms. The lowest BCUT2D eigenvalue weighted by Gasteiger charge is -2.33. The summed E-state index contributed by atoms with van der Waals surface area (Å²) in [7, 11) is 0. The summed E-state index contributed by atoms with van der Waals surface area (Å²) in [5.74, 6) is 0.528. The number of carbonyl (C=O) groups excluding carboxylic acids is 1. The molecule has 5 nitrogen and oxygen atoms in total. The Bertz CT molecular complexity index is 508. The number of benzene rings is 1. The Morgan fingerprint density at radius 2 is 2.04 bits per heavy atom. The number of ether oxygens (including phenoxy) is 2. The van der Waals surface area contributed by atoms with Gasteiger partial charge in [-0.3, -0.25) is 4.79 Å². The average molecular weight is 377 g/mol. The zero-order valence-corrected chi connectivity index (χ0v) is 15.5. The fourth-order valence-corrected chi connectivity index (χ4v) is 2.79. The Kier molecular flexibility index (Phi) is 9.44. The molecule has 1 unspecified atom stereocenters. The smallest absolute Gasteiger partial charge is 0.263 e. The van der Waals surface area contributed by atoms with Crippen molar-refractivity contribution in [2.75, 3.05) is 26.2 Å². The van der Waals surface area contributed by atoms with Crippen molar-refractivity contribution in [3.63, 3.8) is 0 Å². The monoisotopic (exact) mass is 376 g/mol. The van der Waals surface area contributed by atoms with E-state index in [1.807, 2.05) is 17.0 Å². The number of hydrogen-bond acceptors (Lipinski definition) is 4.